The zero-order chi connectivity index (χ0) is 15.2. The third-order valence-corrected chi connectivity index (χ3v) is 2.45. The lowest BCUT2D eigenvalue weighted by molar-refractivity contribution is 0.186. The van der Waals surface area contributed by atoms with Gasteiger partial charge in [0.15, 0.2) is 17.4 Å². The quantitative estimate of drug-likeness (QED) is 0.749. The van der Waals surface area contributed by atoms with E-state index in [4.69, 9.17) is 5.73 Å². The van der Waals surface area contributed by atoms with Crippen molar-refractivity contribution in [3.8, 4) is 5.75 Å². The summed E-state index contributed by atoms with van der Waals surface area (Å²) >= 11 is 0. The maximum Gasteiger partial charge on any atom is 0.412 e. The number of aromatic nitrogens is 1. The minimum Gasteiger partial charge on any atom is -0.504 e. The molecule has 4 N–H and O–H groups in total. The number of methoxy groups -OCH3 is 1. The van der Waals surface area contributed by atoms with Crippen LogP contribution in [0.25, 0.3) is 0 Å². The van der Waals surface area contributed by atoms with E-state index in [-0.39, 0.29) is 23.1 Å². The Morgan fingerprint density at radius 2 is 2.05 bits per heavy atom. The van der Waals surface area contributed by atoms with E-state index in [0.29, 0.717) is 5.69 Å². The number of hydrogen-bond acceptors (Lipinski definition) is 7. The Hall–Kier alpha value is -3.16. The van der Waals surface area contributed by atoms with Crippen LogP contribution in [0.3, 0.4) is 0 Å². The van der Waals surface area contributed by atoms with Crippen LogP contribution in [0, 0.1) is 0 Å². The SMILES string of the molecule is COC(=O)Nc1nc(N)c(/N=N/c2ccccc2)cc1O. The average Bonchev–Trinajstić information content (AvgIpc) is 2.50. The molecule has 0 atom stereocenters. The molecule has 1 amide bonds. The number of anilines is 2. The van der Waals surface area contributed by atoms with Crippen LogP contribution >= 0.6 is 0 Å². The second-order valence-electron chi connectivity index (χ2n) is 3.91. The Labute approximate surface area is 120 Å². The number of nitrogens with zero attached hydrogens (tertiary/aromatic N) is 3. The van der Waals surface area contributed by atoms with Crippen LogP contribution in [0.5, 0.6) is 5.75 Å². The molecule has 21 heavy (non-hydrogen) atoms. The van der Waals surface area contributed by atoms with Crippen LogP contribution in [0.2, 0.25) is 0 Å². The lowest BCUT2D eigenvalue weighted by Gasteiger charge is -2.07. The number of pyridine rings is 1. The molecule has 8 nitrogen and oxygen atoms in total. The summed E-state index contributed by atoms with van der Waals surface area (Å²) in [6, 6.07) is 10.3. The topological polar surface area (TPSA) is 122 Å². The Morgan fingerprint density at radius 1 is 1.33 bits per heavy atom. The molecule has 0 aliphatic carbocycles. The fourth-order valence-electron chi connectivity index (χ4n) is 1.43. The normalized spacial score (nSPS) is 10.5. The van der Waals surface area contributed by atoms with Gasteiger partial charge in [0.05, 0.1) is 12.8 Å². The number of aromatic hydroxyl groups is 1. The van der Waals surface area contributed by atoms with E-state index >= 15 is 0 Å². The van der Waals surface area contributed by atoms with Gasteiger partial charge in [-0.05, 0) is 12.1 Å². The van der Waals surface area contributed by atoms with Crippen molar-refractivity contribution in [2.45, 2.75) is 0 Å². The van der Waals surface area contributed by atoms with Crippen molar-refractivity contribution in [1.82, 2.24) is 4.98 Å². The van der Waals surface area contributed by atoms with E-state index in [9.17, 15) is 9.90 Å². The van der Waals surface area contributed by atoms with E-state index in [0.717, 1.165) is 0 Å². The lowest BCUT2D eigenvalue weighted by Crippen LogP contribution is -2.12. The Kier molecular flexibility index (Phi) is 4.30. The summed E-state index contributed by atoms with van der Waals surface area (Å²) in [5.74, 6) is -0.395. The van der Waals surface area contributed by atoms with E-state index in [2.05, 4.69) is 25.3 Å². The number of azo groups is 1. The van der Waals surface area contributed by atoms with E-state index in [1.807, 2.05) is 18.2 Å². The van der Waals surface area contributed by atoms with Crippen molar-refractivity contribution in [3.63, 3.8) is 0 Å². The number of hydrogen-bond donors (Lipinski definition) is 3. The minimum atomic E-state index is -0.768. The number of nitrogens with two attached hydrogens (primary N) is 1. The van der Waals surface area contributed by atoms with Crippen molar-refractivity contribution >= 4 is 29.1 Å². The molecule has 0 aliphatic rings. The zero-order valence-corrected chi connectivity index (χ0v) is 11.1. The van der Waals surface area contributed by atoms with Crippen molar-refractivity contribution in [2.24, 2.45) is 10.2 Å². The molecule has 0 fully saturated rings. The van der Waals surface area contributed by atoms with Crippen molar-refractivity contribution in [2.75, 3.05) is 18.2 Å². The summed E-state index contributed by atoms with van der Waals surface area (Å²) in [5.41, 5.74) is 6.52. The molecule has 0 bridgehead atoms. The second kappa shape index (κ2) is 6.33. The molecule has 0 radical (unpaired) electrons. The smallest absolute Gasteiger partial charge is 0.412 e. The van der Waals surface area contributed by atoms with E-state index in [1.165, 1.54) is 13.2 Å². The van der Waals surface area contributed by atoms with Crippen LogP contribution in [-0.2, 0) is 4.74 Å². The predicted molar refractivity (Wildman–Crippen MR) is 77.0 cm³/mol. The fraction of sp³-hybridized carbons (Fsp3) is 0.0769. The molecule has 0 saturated carbocycles. The van der Waals surface area contributed by atoms with Gasteiger partial charge >= 0.3 is 6.09 Å². The summed E-state index contributed by atoms with van der Waals surface area (Å²) in [5, 5.41) is 19.9. The molecule has 2 aromatic rings. The van der Waals surface area contributed by atoms with Gasteiger partial charge in [-0.2, -0.15) is 5.11 Å². The molecule has 0 saturated heterocycles. The maximum atomic E-state index is 11.1. The first-order valence-electron chi connectivity index (χ1n) is 5.91. The van der Waals surface area contributed by atoms with Gasteiger partial charge in [0.25, 0.3) is 0 Å². The third-order valence-electron chi connectivity index (χ3n) is 2.45. The number of ether oxygens (including phenoxy) is 1. The molecule has 2 rings (SSSR count). The van der Waals surface area contributed by atoms with Crippen LogP contribution in [0.4, 0.5) is 27.8 Å². The molecule has 0 spiro atoms. The van der Waals surface area contributed by atoms with Crippen LogP contribution in [-0.4, -0.2) is 23.3 Å². The highest BCUT2D eigenvalue weighted by Gasteiger charge is 2.11. The van der Waals surface area contributed by atoms with Crippen LogP contribution in [0.15, 0.2) is 46.6 Å². The average molecular weight is 287 g/mol. The van der Waals surface area contributed by atoms with Gasteiger partial charge in [-0.1, -0.05) is 18.2 Å². The summed E-state index contributed by atoms with van der Waals surface area (Å²) < 4.78 is 4.40. The number of carbonyl (C=O) groups excluding carboxylic acids is 1. The standard InChI is InChI=1S/C13H13N5O3/c1-21-13(20)16-12-10(19)7-9(11(14)15-12)18-17-8-5-3-2-4-6-8/h2-7,19H,1H3,(H3,14,15,16,20)/b18-17+. The summed E-state index contributed by atoms with van der Waals surface area (Å²) in [4.78, 5) is 14.9. The predicted octanol–water partition coefficient (Wildman–Crippen LogP) is 2.96. The molecule has 8 heteroatoms. The molecule has 0 aliphatic heterocycles. The Bertz CT molecular complexity index is 673. The molecule has 1 aromatic carbocycles. The lowest BCUT2D eigenvalue weighted by atomic mass is 10.3. The van der Waals surface area contributed by atoms with Crippen molar-refractivity contribution < 1.29 is 14.6 Å². The number of amides is 1. The Balaban J connectivity index is 2.24. The molecule has 1 aromatic heterocycles. The van der Waals surface area contributed by atoms with Gasteiger partial charge in [0.1, 0.15) is 5.69 Å². The largest absolute Gasteiger partial charge is 0.504 e. The van der Waals surface area contributed by atoms with Gasteiger partial charge in [-0.3, -0.25) is 5.32 Å². The second-order valence-corrected chi connectivity index (χ2v) is 3.91. The molecule has 0 unspecified atom stereocenters. The minimum absolute atomic E-state index is 0.0129. The van der Waals surface area contributed by atoms with Crippen molar-refractivity contribution in [3.05, 3.63) is 36.4 Å². The number of nitrogens with one attached hydrogen (secondary N) is 1. The van der Waals surface area contributed by atoms with Gasteiger partial charge in [0.2, 0.25) is 0 Å². The maximum absolute atomic E-state index is 11.1. The number of carbonyl (C=O) groups is 1. The molecular weight excluding hydrogens is 274 g/mol. The first kappa shape index (κ1) is 14.3. The molecule has 1 heterocycles. The van der Waals surface area contributed by atoms with E-state index < -0.39 is 6.09 Å². The molecular formula is C13H13N5O3. The van der Waals surface area contributed by atoms with Gasteiger partial charge in [0, 0.05) is 6.07 Å². The number of rotatable bonds is 3. The van der Waals surface area contributed by atoms with Gasteiger partial charge in [-0.25, -0.2) is 9.78 Å². The molecule has 108 valence electrons. The van der Waals surface area contributed by atoms with Gasteiger partial charge < -0.3 is 15.6 Å². The first-order valence-corrected chi connectivity index (χ1v) is 5.91. The van der Waals surface area contributed by atoms with Gasteiger partial charge in [-0.15, -0.1) is 5.11 Å². The highest BCUT2D eigenvalue weighted by molar-refractivity contribution is 5.86. The van der Waals surface area contributed by atoms with Crippen molar-refractivity contribution in [1.29, 1.82) is 0 Å². The van der Waals surface area contributed by atoms with Crippen LogP contribution in [0.1, 0.15) is 0 Å². The first-order chi connectivity index (χ1) is 10.1. The van der Waals surface area contributed by atoms with Crippen LogP contribution < -0.4 is 11.1 Å². The summed E-state index contributed by atoms with van der Waals surface area (Å²) in [6.07, 6.45) is -0.768. The number of nitrogen functional groups attached to an aromatic ring is 1. The zero-order valence-electron chi connectivity index (χ0n) is 11.1. The Morgan fingerprint density at radius 3 is 2.71 bits per heavy atom. The highest BCUT2D eigenvalue weighted by Crippen LogP contribution is 2.31. The summed E-state index contributed by atoms with van der Waals surface area (Å²) in [6.45, 7) is 0. The third kappa shape index (κ3) is 3.66. The fourth-order valence-corrected chi connectivity index (χ4v) is 1.43. The summed E-state index contributed by atoms with van der Waals surface area (Å²) in [7, 11) is 1.19. The monoisotopic (exact) mass is 287 g/mol. The van der Waals surface area contributed by atoms with E-state index in [1.54, 1.807) is 12.1 Å². The highest BCUT2D eigenvalue weighted by atomic mass is 16.5. The number of benzene rings is 1.